The highest BCUT2D eigenvalue weighted by molar-refractivity contribution is 7.90. The fraction of sp³-hybridized carbons (Fsp3) is 0.500. The van der Waals surface area contributed by atoms with E-state index in [1.807, 2.05) is 13.8 Å². The number of carbonyl (C=O) groups is 1. The highest BCUT2D eigenvalue weighted by Gasteiger charge is 2.18. The standard InChI is InChI=1S/C14H22N2O3S/c1-10(15-11(2)14(17)16(3)4)12-6-8-13(9-7-12)20(5,18)19/h6-11,15H,1-5H3. The molecule has 0 saturated heterocycles. The van der Waals surface area contributed by atoms with Crippen LogP contribution in [0.2, 0.25) is 0 Å². The zero-order valence-electron chi connectivity index (χ0n) is 12.5. The Balaban J connectivity index is 2.78. The van der Waals surface area contributed by atoms with E-state index in [4.69, 9.17) is 0 Å². The van der Waals surface area contributed by atoms with E-state index in [2.05, 4.69) is 5.32 Å². The average molecular weight is 298 g/mol. The molecule has 5 nitrogen and oxygen atoms in total. The van der Waals surface area contributed by atoms with Crippen LogP contribution in [0.1, 0.15) is 25.5 Å². The van der Waals surface area contributed by atoms with Crippen LogP contribution >= 0.6 is 0 Å². The lowest BCUT2D eigenvalue weighted by Crippen LogP contribution is -2.42. The first-order chi connectivity index (χ1) is 9.12. The lowest BCUT2D eigenvalue weighted by Gasteiger charge is -2.22. The molecule has 1 aromatic rings. The minimum Gasteiger partial charge on any atom is -0.347 e. The zero-order valence-corrected chi connectivity index (χ0v) is 13.4. The molecule has 1 rings (SSSR count). The van der Waals surface area contributed by atoms with Crippen molar-refractivity contribution in [3.05, 3.63) is 29.8 Å². The molecule has 1 aromatic carbocycles. The molecule has 0 saturated carbocycles. The van der Waals surface area contributed by atoms with Gasteiger partial charge >= 0.3 is 0 Å². The molecule has 0 bridgehead atoms. The summed E-state index contributed by atoms with van der Waals surface area (Å²) in [5, 5.41) is 3.19. The molecule has 2 unspecified atom stereocenters. The molecule has 1 N–H and O–H groups in total. The maximum Gasteiger partial charge on any atom is 0.238 e. The Labute approximate surface area is 120 Å². The van der Waals surface area contributed by atoms with Crippen LogP contribution in [0, 0.1) is 0 Å². The molecular formula is C14H22N2O3S. The molecule has 0 aromatic heterocycles. The van der Waals surface area contributed by atoms with Crippen LogP contribution in [0.3, 0.4) is 0 Å². The molecule has 1 amide bonds. The van der Waals surface area contributed by atoms with Crippen molar-refractivity contribution in [1.82, 2.24) is 10.2 Å². The summed E-state index contributed by atoms with van der Waals surface area (Å²) in [5.41, 5.74) is 0.941. The van der Waals surface area contributed by atoms with Crippen molar-refractivity contribution in [3.63, 3.8) is 0 Å². The summed E-state index contributed by atoms with van der Waals surface area (Å²) in [6.07, 6.45) is 1.18. The number of carbonyl (C=O) groups excluding carboxylic acids is 1. The summed E-state index contributed by atoms with van der Waals surface area (Å²) in [6, 6.07) is 6.36. The number of nitrogens with zero attached hydrogens (tertiary/aromatic N) is 1. The van der Waals surface area contributed by atoms with E-state index < -0.39 is 9.84 Å². The Morgan fingerprint density at radius 3 is 2.05 bits per heavy atom. The maximum atomic E-state index is 11.8. The molecule has 0 radical (unpaired) electrons. The number of benzene rings is 1. The van der Waals surface area contributed by atoms with Crippen molar-refractivity contribution < 1.29 is 13.2 Å². The number of hydrogen-bond donors (Lipinski definition) is 1. The second kappa shape index (κ2) is 6.37. The summed E-state index contributed by atoms with van der Waals surface area (Å²) in [7, 11) is 0.255. The van der Waals surface area contributed by atoms with Crippen molar-refractivity contribution in [2.75, 3.05) is 20.4 Å². The van der Waals surface area contributed by atoms with Crippen molar-refractivity contribution in [2.45, 2.75) is 30.8 Å². The van der Waals surface area contributed by atoms with E-state index in [-0.39, 0.29) is 18.0 Å². The van der Waals surface area contributed by atoms with Crippen molar-refractivity contribution in [2.24, 2.45) is 0 Å². The number of rotatable bonds is 5. The Bertz CT molecular complexity index is 565. The van der Waals surface area contributed by atoms with E-state index in [1.165, 1.54) is 11.2 Å². The molecule has 0 fully saturated rings. The average Bonchev–Trinajstić information content (AvgIpc) is 2.36. The molecule has 0 spiro atoms. The van der Waals surface area contributed by atoms with Gasteiger partial charge in [0.05, 0.1) is 10.9 Å². The van der Waals surface area contributed by atoms with Gasteiger partial charge in [-0.1, -0.05) is 12.1 Å². The molecule has 112 valence electrons. The summed E-state index contributed by atoms with van der Waals surface area (Å²) < 4.78 is 22.8. The maximum absolute atomic E-state index is 11.8. The molecule has 20 heavy (non-hydrogen) atoms. The largest absolute Gasteiger partial charge is 0.347 e. The van der Waals surface area contributed by atoms with Crippen LogP contribution in [-0.4, -0.2) is 45.6 Å². The fourth-order valence-corrected chi connectivity index (χ4v) is 2.56. The van der Waals surface area contributed by atoms with E-state index in [0.717, 1.165) is 5.56 Å². The SMILES string of the molecule is CC(NC(C)c1ccc(S(C)(=O)=O)cc1)C(=O)N(C)C. The highest BCUT2D eigenvalue weighted by Crippen LogP contribution is 2.16. The van der Waals surface area contributed by atoms with Gasteiger partial charge in [-0.2, -0.15) is 0 Å². The minimum atomic E-state index is -3.17. The monoisotopic (exact) mass is 298 g/mol. The normalized spacial score (nSPS) is 14.7. The second-order valence-corrected chi connectivity index (χ2v) is 7.20. The summed E-state index contributed by atoms with van der Waals surface area (Å²) in [4.78, 5) is 13.6. The highest BCUT2D eigenvalue weighted by atomic mass is 32.2. The first-order valence-corrected chi connectivity index (χ1v) is 8.29. The molecule has 0 heterocycles. The summed E-state index contributed by atoms with van der Waals surface area (Å²) >= 11 is 0. The first kappa shape index (κ1) is 16.7. The van der Waals surface area contributed by atoms with Gasteiger partial charge in [0.15, 0.2) is 9.84 Å². The van der Waals surface area contributed by atoms with Gasteiger partial charge in [-0.25, -0.2) is 8.42 Å². The molecular weight excluding hydrogens is 276 g/mol. The number of sulfone groups is 1. The number of likely N-dealkylation sites (N-methyl/N-ethyl adjacent to an activating group) is 1. The molecule has 2 atom stereocenters. The fourth-order valence-electron chi connectivity index (χ4n) is 1.93. The summed E-state index contributed by atoms with van der Waals surface area (Å²) in [5.74, 6) is 0.00426. The van der Waals surface area contributed by atoms with E-state index in [1.54, 1.807) is 38.4 Å². The zero-order chi connectivity index (χ0) is 15.5. The number of nitrogens with one attached hydrogen (secondary N) is 1. The van der Waals surface area contributed by atoms with Gasteiger partial charge in [0, 0.05) is 26.4 Å². The van der Waals surface area contributed by atoms with Gasteiger partial charge in [0.2, 0.25) is 5.91 Å². The molecule has 0 aliphatic rings. The Morgan fingerprint density at radius 2 is 1.65 bits per heavy atom. The predicted octanol–water partition coefficient (Wildman–Crippen LogP) is 1.22. The van der Waals surface area contributed by atoms with Crippen molar-refractivity contribution >= 4 is 15.7 Å². The number of hydrogen-bond acceptors (Lipinski definition) is 4. The topological polar surface area (TPSA) is 66.5 Å². The Kier molecular flexibility index (Phi) is 5.30. The van der Waals surface area contributed by atoms with Crippen molar-refractivity contribution in [3.8, 4) is 0 Å². The number of amides is 1. The van der Waals surface area contributed by atoms with Gasteiger partial charge in [0.25, 0.3) is 0 Å². The van der Waals surface area contributed by atoms with Gasteiger partial charge < -0.3 is 4.90 Å². The predicted molar refractivity (Wildman–Crippen MR) is 79.3 cm³/mol. The van der Waals surface area contributed by atoms with Crippen molar-refractivity contribution in [1.29, 1.82) is 0 Å². The van der Waals surface area contributed by atoms with E-state index in [0.29, 0.717) is 4.90 Å². The molecule has 0 aliphatic carbocycles. The van der Waals surface area contributed by atoms with Crippen LogP contribution in [0.15, 0.2) is 29.2 Å². The quantitative estimate of drug-likeness (QED) is 0.887. The lowest BCUT2D eigenvalue weighted by atomic mass is 10.1. The second-order valence-electron chi connectivity index (χ2n) is 5.18. The van der Waals surface area contributed by atoms with Crippen LogP contribution < -0.4 is 5.32 Å². The third-order valence-electron chi connectivity index (χ3n) is 3.12. The van der Waals surface area contributed by atoms with Crippen LogP contribution in [0.5, 0.6) is 0 Å². The minimum absolute atomic E-state index is 0.00426. The van der Waals surface area contributed by atoms with Gasteiger partial charge in [-0.15, -0.1) is 0 Å². The van der Waals surface area contributed by atoms with Crippen LogP contribution in [0.25, 0.3) is 0 Å². The third-order valence-corrected chi connectivity index (χ3v) is 4.25. The third kappa shape index (κ3) is 4.31. The van der Waals surface area contributed by atoms with E-state index in [9.17, 15) is 13.2 Å². The van der Waals surface area contributed by atoms with Crippen LogP contribution in [-0.2, 0) is 14.6 Å². The Morgan fingerprint density at radius 1 is 1.15 bits per heavy atom. The van der Waals surface area contributed by atoms with E-state index >= 15 is 0 Å². The first-order valence-electron chi connectivity index (χ1n) is 6.40. The van der Waals surface area contributed by atoms with Gasteiger partial charge in [0.1, 0.15) is 0 Å². The smallest absolute Gasteiger partial charge is 0.238 e. The van der Waals surface area contributed by atoms with Gasteiger partial charge in [-0.05, 0) is 31.5 Å². The molecule has 0 aliphatic heterocycles. The molecule has 6 heteroatoms. The van der Waals surface area contributed by atoms with Crippen LogP contribution in [0.4, 0.5) is 0 Å². The van der Waals surface area contributed by atoms with Gasteiger partial charge in [-0.3, -0.25) is 10.1 Å². The lowest BCUT2D eigenvalue weighted by molar-refractivity contribution is -0.130. The summed E-state index contributed by atoms with van der Waals surface area (Å²) in [6.45, 7) is 3.75. The Hall–Kier alpha value is -1.40.